The molecule has 0 aliphatic carbocycles. The molecule has 0 radical (unpaired) electrons. The third-order valence-corrected chi connectivity index (χ3v) is 4.76. The molecule has 3 N–H and O–H groups in total. The van der Waals surface area contributed by atoms with Gasteiger partial charge in [-0.1, -0.05) is 17.3 Å². The van der Waals surface area contributed by atoms with E-state index in [4.69, 9.17) is 14.4 Å². The Balaban J connectivity index is 1.57. The molecule has 0 saturated heterocycles. The normalized spacial score (nSPS) is 11.2. The summed E-state index contributed by atoms with van der Waals surface area (Å²) in [5, 5.41) is 11.6. The summed E-state index contributed by atoms with van der Waals surface area (Å²) in [6, 6.07) is 12.8. The smallest absolute Gasteiger partial charge is 0.238 e. The Bertz CT molecular complexity index is 1080. The molecule has 146 valence electrons. The molecule has 0 unspecified atom stereocenters. The molecular formula is C18H18N4O5S. The van der Waals surface area contributed by atoms with Gasteiger partial charge in [0.05, 0.1) is 12.0 Å². The van der Waals surface area contributed by atoms with Crippen LogP contribution in [0.4, 0.5) is 5.69 Å². The highest BCUT2D eigenvalue weighted by molar-refractivity contribution is 7.89. The van der Waals surface area contributed by atoms with Crippen LogP contribution in [0.5, 0.6) is 5.75 Å². The zero-order valence-electron chi connectivity index (χ0n) is 15.0. The summed E-state index contributed by atoms with van der Waals surface area (Å²) in [6.45, 7) is 0. The second-order valence-electron chi connectivity index (χ2n) is 5.86. The molecule has 9 nitrogen and oxygen atoms in total. The van der Waals surface area contributed by atoms with Gasteiger partial charge in [-0.3, -0.25) is 4.79 Å². The quantitative estimate of drug-likeness (QED) is 0.616. The van der Waals surface area contributed by atoms with E-state index >= 15 is 0 Å². The summed E-state index contributed by atoms with van der Waals surface area (Å²) in [5.74, 6) is 1.15. The van der Waals surface area contributed by atoms with E-state index in [1.165, 1.54) is 24.3 Å². The summed E-state index contributed by atoms with van der Waals surface area (Å²) in [7, 11) is -2.20. The average molecular weight is 402 g/mol. The van der Waals surface area contributed by atoms with Gasteiger partial charge < -0.3 is 14.6 Å². The number of amides is 1. The van der Waals surface area contributed by atoms with Crippen LogP contribution in [0, 0.1) is 0 Å². The van der Waals surface area contributed by atoms with Gasteiger partial charge in [0, 0.05) is 24.1 Å². The Morgan fingerprint density at radius 3 is 2.64 bits per heavy atom. The van der Waals surface area contributed by atoms with Crippen LogP contribution >= 0.6 is 0 Å². The number of primary sulfonamides is 1. The molecule has 1 aromatic heterocycles. The number of nitrogens with zero attached hydrogens (tertiary/aromatic N) is 2. The van der Waals surface area contributed by atoms with Crippen molar-refractivity contribution in [1.29, 1.82) is 0 Å². The van der Waals surface area contributed by atoms with Crippen molar-refractivity contribution in [3.05, 3.63) is 54.4 Å². The van der Waals surface area contributed by atoms with Crippen LogP contribution in [0.2, 0.25) is 0 Å². The first-order chi connectivity index (χ1) is 13.3. The van der Waals surface area contributed by atoms with E-state index < -0.39 is 10.0 Å². The van der Waals surface area contributed by atoms with E-state index in [1.807, 2.05) is 18.2 Å². The maximum absolute atomic E-state index is 12.1. The molecule has 0 fully saturated rings. The summed E-state index contributed by atoms with van der Waals surface area (Å²) in [6.07, 6.45) is 0.384. The van der Waals surface area contributed by atoms with Crippen LogP contribution in [0.3, 0.4) is 0 Å². The Hall–Kier alpha value is -3.24. The van der Waals surface area contributed by atoms with Crippen molar-refractivity contribution >= 4 is 21.6 Å². The van der Waals surface area contributed by atoms with Crippen LogP contribution < -0.4 is 15.2 Å². The van der Waals surface area contributed by atoms with E-state index in [-0.39, 0.29) is 23.6 Å². The molecule has 1 amide bonds. The van der Waals surface area contributed by atoms with E-state index in [0.29, 0.717) is 23.2 Å². The van der Waals surface area contributed by atoms with E-state index in [2.05, 4.69) is 15.5 Å². The second-order valence-corrected chi connectivity index (χ2v) is 7.42. The lowest BCUT2D eigenvalue weighted by atomic mass is 10.2. The molecule has 0 aliphatic rings. The fraction of sp³-hybridized carbons (Fsp3) is 0.167. The highest BCUT2D eigenvalue weighted by atomic mass is 32.2. The number of rotatable bonds is 7. The monoisotopic (exact) mass is 402 g/mol. The number of anilines is 1. The first-order valence-corrected chi connectivity index (χ1v) is 9.79. The molecule has 0 bridgehead atoms. The van der Waals surface area contributed by atoms with Crippen LogP contribution in [-0.2, 0) is 21.2 Å². The topological polar surface area (TPSA) is 137 Å². The predicted molar refractivity (Wildman–Crippen MR) is 101 cm³/mol. The van der Waals surface area contributed by atoms with E-state index in [9.17, 15) is 13.2 Å². The van der Waals surface area contributed by atoms with E-state index in [0.717, 1.165) is 5.56 Å². The van der Waals surface area contributed by atoms with E-state index in [1.54, 1.807) is 13.2 Å². The van der Waals surface area contributed by atoms with Crippen LogP contribution in [-0.4, -0.2) is 31.6 Å². The van der Waals surface area contributed by atoms with Crippen LogP contribution in [0.1, 0.15) is 12.3 Å². The molecule has 2 aromatic carbocycles. The lowest BCUT2D eigenvalue weighted by Crippen LogP contribution is -2.14. The number of benzene rings is 2. The van der Waals surface area contributed by atoms with Gasteiger partial charge >= 0.3 is 0 Å². The number of carbonyl (C=O) groups excluding carboxylic acids is 1. The van der Waals surface area contributed by atoms with Crippen molar-refractivity contribution in [3.8, 4) is 17.1 Å². The minimum absolute atomic E-state index is 0.0265. The molecule has 0 aliphatic heterocycles. The summed E-state index contributed by atoms with van der Waals surface area (Å²) >= 11 is 0. The number of hydrogen-bond acceptors (Lipinski definition) is 7. The van der Waals surface area contributed by atoms with Gasteiger partial charge in [0.2, 0.25) is 27.6 Å². The molecule has 0 atom stereocenters. The first-order valence-electron chi connectivity index (χ1n) is 8.25. The summed E-state index contributed by atoms with van der Waals surface area (Å²) in [4.78, 5) is 16.3. The number of aryl methyl sites for hydroxylation is 1. The average Bonchev–Trinajstić information content (AvgIpc) is 3.15. The first kappa shape index (κ1) is 19.5. The fourth-order valence-electron chi connectivity index (χ4n) is 2.41. The van der Waals surface area contributed by atoms with Gasteiger partial charge in [0.15, 0.2) is 0 Å². The van der Waals surface area contributed by atoms with Crippen LogP contribution in [0.25, 0.3) is 11.4 Å². The fourth-order valence-corrected chi connectivity index (χ4v) is 2.92. The molecule has 10 heteroatoms. The zero-order valence-corrected chi connectivity index (χ0v) is 15.8. The molecule has 28 heavy (non-hydrogen) atoms. The molecule has 3 aromatic rings. The Labute approximate surface area is 161 Å². The van der Waals surface area contributed by atoms with Gasteiger partial charge in [-0.2, -0.15) is 4.98 Å². The van der Waals surface area contributed by atoms with Crippen molar-refractivity contribution in [2.45, 2.75) is 17.7 Å². The number of hydrogen-bond donors (Lipinski definition) is 2. The van der Waals surface area contributed by atoms with Gasteiger partial charge in [-0.05, 0) is 36.4 Å². The van der Waals surface area contributed by atoms with Gasteiger partial charge in [-0.25, -0.2) is 13.6 Å². The van der Waals surface area contributed by atoms with Gasteiger partial charge in [0.25, 0.3) is 0 Å². The minimum Gasteiger partial charge on any atom is -0.497 e. The molecule has 0 spiro atoms. The molecule has 1 heterocycles. The van der Waals surface area contributed by atoms with Crippen LogP contribution in [0.15, 0.2) is 57.9 Å². The number of nitrogens with two attached hydrogens (primary N) is 1. The number of methoxy groups -OCH3 is 1. The third-order valence-electron chi connectivity index (χ3n) is 3.83. The number of ether oxygens (including phenoxy) is 1. The number of aromatic nitrogens is 2. The van der Waals surface area contributed by atoms with Crippen molar-refractivity contribution in [2.24, 2.45) is 5.14 Å². The molecule has 3 rings (SSSR count). The lowest BCUT2D eigenvalue weighted by molar-refractivity contribution is -0.116. The maximum atomic E-state index is 12.1. The number of carbonyl (C=O) groups is 1. The Kier molecular flexibility index (Phi) is 5.71. The third kappa shape index (κ3) is 4.93. The lowest BCUT2D eigenvalue weighted by Gasteiger charge is -2.05. The van der Waals surface area contributed by atoms with Gasteiger partial charge in [0.1, 0.15) is 5.75 Å². The minimum atomic E-state index is -3.77. The van der Waals surface area contributed by atoms with Crippen molar-refractivity contribution in [2.75, 3.05) is 12.4 Å². The highest BCUT2D eigenvalue weighted by Gasteiger charge is 2.12. The number of nitrogens with one attached hydrogen (secondary N) is 1. The maximum Gasteiger partial charge on any atom is 0.238 e. The SMILES string of the molecule is COc1cccc(-c2noc(CCC(=O)Nc3ccc(S(N)(=O)=O)cc3)n2)c1. The number of sulfonamides is 1. The Morgan fingerprint density at radius 1 is 1.21 bits per heavy atom. The molecular weight excluding hydrogens is 384 g/mol. The molecule has 0 saturated carbocycles. The van der Waals surface area contributed by atoms with Crippen molar-refractivity contribution < 1.29 is 22.5 Å². The van der Waals surface area contributed by atoms with Crippen molar-refractivity contribution in [1.82, 2.24) is 10.1 Å². The largest absolute Gasteiger partial charge is 0.497 e. The summed E-state index contributed by atoms with van der Waals surface area (Å²) < 4.78 is 32.8. The highest BCUT2D eigenvalue weighted by Crippen LogP contribution is 2.21. The predicted octanol–water partition coefficient (Wildman–Crippen LogP) is 1.96. The standard InChI is InChI=1S/C18H18N4O5S/c1-26-14-4-2-3-12(11-14)18-21-17(27-22-18)10-9-16(23)20-13-5-7-15(8-6-13)28(19,24)25/h2-8,11H,9-10H2,1H3,(H,20,23)(H2,19,24,25). The second kappa shape index (κ2) is 8.19. The van der Waals surface area contributed by atoms with Gasteiger partial charge in [-0.15, -0.1) is 0 Å². The summed E-state index contributed by atoms with van der Waals surface area (Å²) in [5.41, 5.74) is 1.20. The zero-order chi connectivity index (χ0) is 20.1. The Morgan fingerprint density at radius 2 is 1.96 bits per heavy atom. The van der Waals surface area contributed by atoms with Crippen molar-refractivity contribution in [3.63, 3.8) is 0 Å².